The number of hydrogen-bond donors (Lipinski definition) is 1. The largest absolute Gasteiger partial charge is 0.480 e. The second kappa shape index (κ2) is 5.22. The van der Waals surface area contributed by atoms with Crippen LogP contribution in [0.3, 0.4) is 0 Å². The van der Waals surface area contributed by atoms with Crippen LogP contribution >= 0.6 is 0 Å². The fraction of sp³-hybridized carbons (Fsp3) is 0.0833. The smallest absolute Gasteiger partial charge is 0.276 e. The molecule has 0 fully saturated rings. The zero-order chi connectivity index (χ0) is 13.0. The number of aromatic nitrogens is 2. The molecule has 0 unspecified atom stereocenters. The summed E-state index contributed by atoms with van der Waals surface area (Å²) in [5.41, 5.74) is 0.484. The van der Waals surface area contributed by atoms with E-state index in [1.807, 2.05) is 0 Å². The van der Waals surface area contributed by atoms with Crippen LogP contribution in [0.1, 0.15) is 10.5 Å². The van der Waals surface area contributed by atoms with E-state index in [2.05, 4.69) is 15.5 Å². The number of hydrogen-bond acceptors (Lipinski definition) is 4. The Morgan fingerprint density at radius 1 is 1.28 bits per heavy atom. The highest BCUT2D eigenvalue weighted by Crippen LogP contribution is 2.11. The van der Waals surface area contributed by atoms with Crippen LogP contribution in [0.15, 0.2) is 36.4 Å². The molecule has 6 heteroatoms. The van der Waals surface area contributed by atoms with Crippen molar-refractivity contribution >= 4 is 11.6 Å². The van der Waals surface area contributed by atoms with E-state index in [-0.39, 0.29) is 5.69 Å². The summed E-state index contributed by atoms with van der Waals surface area (Å²) in [5, 5.41) is 9.87. The molecular weight excluding hydrogens is 237 g/mol. The lowest BCUT2D eigenvalue weighted by Crippen LogP contribution is -2.14. The maximum absolute atomic E-state index is 12.9. The molecule has 1 heterocycles. The average molecular weight is 247 g/mol. The van der Waals surface area contributed by atoms with Gasteiger partial charge in [-0.1, -0.05) is 6.07 Å². The second-order valence-corrected chi connectivity index (χ2v) is 3.43. The molecule has 0 saturated heterocycles. The lowest BCUT2D eigenvalue weighted by molar-refractivity contribution is 0.102. The summed E-state index contributed by atoms with van der Waals surface area (Å²) in [5.74, 6) is -0.568. The predicted octanol–water partition coefficient (Wildman–Crippen LogP) is 1.88. The number of halogens is 1. The molecule has 2 aromatic rings. The molecular formula is C12H10FN3O2. The lowest BCUT2D eigenvalue weighted by Gasteiger charge is -2.04. The summed E-state index contributed by atoms with van der Waals surface area (Å²) in [6.07, 6.45) is 0. The van der Waals surface area contributed by atoms with Crippen molar-refractivity contribution in [3.63, 3.8) is 0 Å². The maximum Gasteiger partial charge on any atom is 0.276 e. The number of nitrogens with zero attached hydrogens (tertiary/aromatic N) is 2. The zero-order valence-electron chi connectivity index (χ0n) is 9.55. The minimum absolute atomic E-state index is 0.125. The first kappa shape index (κ1) is 12.0. The van der Waals surface area contributed by atoms with Crippen molar-refractivity contribution in [1.29, 1.82) is 0 Å². The first-order valence-electron chi connectivity index (χ1n) is 5.13. The van der Waals surface area contributed by atoms with Crippen LogP contribution in [0.25, 0.3) is 0 Å². The van der Waals surface area contributed by atoms with Gasteiger partial charge in [-0.3, -0.25) is 4.79 Å². The Labute approximate surface area is 103 Å². The molecule has 0 saturated carbocycles. The van der Waals surface area contributed by atoms with Crippen molar-refractivity contribution in [2.75, 3.05) is 12.4 Å². The Hall–Kier alpha value is -2.50. The van der Waals surface area contributed by atoms with Crippen LogP contribution < -0.4 is 10.1 Å². The van der Waals surface area contributed by atoms with Gasteiger partial charge < -0.3 is 10.1 Å². The highest BCUT2D eigenvalue weighted by Gasteiger charge is 2.09. The van der Waals surface area contributed by atoms with E-state index in [0.29, 0.717) is 11.6 Å². The van der Waals surface area contributed by atoms with Gasteiger partial charge in [0.2, 0.25) is 5.88 Å². The van der Waals surface area contributed by atoms with E-state index in [0.717, 1.165) is 0 Å². The van der Waals surface area contributed by atoms with Gasteiger partial charge in [0.05, 0.1) is 7.11 Å². The molecule has 1 amide bonds. The second-order valence-electron chi connectivity index (χ2n) is 3.43. The predicted molar refractivity (Wildman–Crippen MR) is 62.9 cm³/mol. The highest BCUT2D eigenvalue weighted by molar-refractivity contribution is 6.02. The van der Waals surface area contributed by atoms with Gasteiger partial charge >= 0.3 is 0 Å². The third-order valence-corrected chi connectivity index (χ3v) is 2.16. The summed E-state index contributed by atoms with van der Waals surface area (Å²) in [7, 11) is 1.45. The Balaban J connectivity index is 2.11. The zero-order valence-corrected chi connectivity index (χ0v) is 9.55. The van der Waals surface area contributed by atoms with Crippen molar-refractivity contribution < 1.29 is 13.9 Å². The van der Waals surface area contributed by atoms with Crippen molar-refractivity contribution in [3.8, 4) is 5.88 Å². The SMILES string of the molecule is COc1ccc(C(=O)Nc2cccc(F)c2)nn1. The van der Waals surface area contributed by atoms with E-state index < -0.39 is 11.7 Å². The molecule has 5 nitrogen and oxygen atoms in total. The molecule has 1 aromatic heterocycles. The van der Waals surface area contributed by atoms with Crippen LogP contribution in [0.5, 0.6) is 5.88 Å². The third kappa shape index (κ3) is 2.79. The molecule has 0 spiro atoms. The first-order chi connectivity index (χ1) is 8.69. The van der Waals surface area contributed by atoms with Crippen molar-refractivity contribution in [2.45, 2.75) is 0 Å². The number of benzene rings is 1. The summed E-state index contributed by atoms with van der Waals surface area (Å²) in [4.78, 5) is 11.7. The number of anilines is 1. The van der Waals surface area contributed by atoms with Crippen molar-refractivity contribution in [2.24, 2.45) is 0 Å². The van der Waals surface area contributed by atoms with E-state index in [9.17, 15) is 9.18 Å². The Kier molecular flexibility index (Phi) is 3.47. The Morgan fingerprint density at radius 3 is 2.72 bits per heavy atom. The van der Waals surface area contributed by atoms with Gasteiger partial charge in [-0.25, -0.2) is 4.39 Å². The molecule has 2 rings (SSSR count). The summed E-state index contributed by atoms with van der Waals surface area (Å²) in [6.45, 7) is 0. The normalized spacial score (nSPS) is 9.89. The van der Waals surface area contributed by atoms with Crippen LogP contribution in [-0.4, -0.2) is 23.2 Å². The molecule has 0 bridgehead atoms. The minimum Gasteiger partial charge on any atom is -0.480 e. The number of rotatable bonds is 3. The van der Waals surface area contributed by atoms with Gasteiger partial charge in [0.1, 0.15) is 5.82 Å². The van der Waals surface area contributed by atoms with E-state index in [1.54, 1.807) is 6.07 Å². The molecule has 1 aromatic carbocycles. The number of amides is 1. The number of carbonyl (C=O) groups excluding carboxylic acids is 1. The van der Waals surface area contributed by atoms with Crippen LogP contribution in [0, 0.1) is 5.82 Å². The fourth-order valence-electron chi connectivity index (χ4n) is 1.31. The molecule has 0 aliphatic carbocycles. The van der Waals surface area contributed by atoms with E-state index in [4.69, 9.17) is 4.74 Å². The summed E-state index contributed by atoms with van der Waals surface area (Å²) >= 11 is 0. The quantitative estimate of drug-likeness (QED) is 0.899. The van der Waals surface area contributed by atoms with Crippen molar-refractivity contribution in [1.82, 2.24) is 10.2 Å². The van der Waals surface area contributed by atoms with Gasteiger partial charge in [-0.05, 0) is 24.3 Å². The van der Waals surface area contributed by atoms with Gasteiger partial charge in [0.15, 0.2) is 5.69 Å². The van der Waals surface area contributed by atoms with Crippen LogP contribution in [0.2, 0.25) is 0 Å². The first-order valence-corrected chi connectivity index (χ1v) is 5.13. The van der Waals surface area contributed by atoms with Gasteiger partial charge in [0, 0.05) is 11.8 Å². The Bertz CT molecular complexity index is 558. The number of methoxy groups -OCH3 is 1. The topological polar surface area (TPSA) is 64.1 Å². The highest BCUT2D eigenvalue weighted by atomic mass is 19.1. The van der Waals surface area contributed by atoms with Gasteiger partial charge in [-0.15, -0.1) is 10.2 Å². The third-order valence-electron chi connectivity index (χ3n) is 2.16. The fourth-order valence-corrected chi connectivity index (χ4v) is 1.31. The molecule has 18 heavy (non-hydrogen) atoms. The minimum atomic E-state index is -0.462. The summed E-state index contributed by atoms with van der Waals surface area (Å²) < 4.78 is 17.8. The molecule has 0 aliphatic rings. The molecule has 1 N–H and O–H groups in total. The number of carbonyl (C=O) groups is 1. The van der Waals surface area contributed by atoms with Crippen LogP contribution in [-0.2, 0) is 0 Å². The Morgan fingerprint density at radius 2 is 2.11 bits per heavy atom. The lowest BCUT2D eigenvalue weighted by atomic mass is 10.3. The monoisotopic (exact) mass is 247 g/mol. The number of ether oxygens (including phenoxy) is 1. The van der Waals surface area contributed by atoms with E-state index in [1.165, 1.54) is 37.4 Å². The van der Waals surface area contributed by atoms with Gasteiger partial charge in [-0.2, -0.15) is 0 Å². The van der Waals surface area contributed by atoms with Crippen LogP contribution in [0.4, 0.5) is 10.1 Å². The van der Waals surface area contributed by atoms with Crippen molar-refractivity contribution in [3.05, 3.63) is 47.9 Å². The standard InChI is InChI=1S/C12H10FN3O2/c1-18-11-6-5-10(15-16-11)12(17)14-9-4-2-3-8(13)7-9/h2-7H,1H3,(H,14,17). The maximum atomic E-state index is 12.9. The van der Waals surface area contributed by atoms with E-state index >= 15 is 0 Å². The molecule has 0 aliphatic heterocycles. The van der Waals surface area contributed by atoms with Gasteiger partial charge in [0.25, 0.3) is 5.91 Å². The number of nitrogens with one attached hydrogen (secondary N) is 1. The molecule has 0 radical (unpaired) electrons. The molecule has 0 atom stereocenters. The molecule has 92 valence electrons. The summed E-state index contributed by atoms with van der Waals surface area (Å²) in [6, 6.07) is 8.59. The average Bonchev–Trinajstić information content (AvgIpc) is 2.39.